The summed E-state index contributed by atoms with van der Waals surface area (Å²) in [5.41, 5.74) is 7.08. The molecule has 1 amide bonds. The molecule has 1 aromatic rings. The first kappa shape index (κ1) is 13.9. The van der Waals surface area contributed by atoms with Crippen molar-refractivity contribution in [1.29, 1.82) is 0 Å². The normalized spacial score (nSPS) is 15.3. The number of thiazole rings is 1. The summed E-state index contributed by atoms with van der Waals surface area (Å²) >= 11 is 1.34. The summed E-state index contributed by atoms with van der Waals surface area (Å²) in [7, 11) is 0. The van der Waals surface area contributed by atoms with Gasteiger partial charge in [0.05, 0.1) is 0 Å². The molecule has 3 N–H and O–H groups in total. The Morgan fingerprint density at radius 3 is 3.11 bits per heavy atom. The van der Waals surface area contributed by atoms with E-state index < -0.39 is 0 Å². The summed E-state index contributed by atoms with van der Waals surface area (Å²) in [5, 5.41) is 3.90. The number of nitrogens with one attached hydrogen (secondary N) is 1. The van der Waals surface area contributed by atoms with E-state index in [1.165, 1.54) is 16.9 Å². The molecule has 2 rings (SSSR count). The number of nitrogens with two attached hydrogens (primary N) is 1. The molecular formula is C13H20N4OS. The van der Waals surface area contributed by atoms with Crippen molar-refractivity contribution in [3.8, 4) is 0 Å². The van der Waals surface area contributed by atoms with Gasteiger partial charge in [-0.1, -0.05) is 29.9 Å². The van der Waals surface area contributed by atoms with E-state index in [4.69, 9.17) is 5.73 Å². The van der Waals surface area contributed by atoms with E-state index in [2.05, 4.69) is 23.3 Å². The van der Waals surface area contributed by atoms with Gasteiger partial charge in [0.25, 0.3) is 5.91 Å². The minimum atomic E-state index is -0.00741. The first-order valence-corrected chi connectivity index (χ1v) is 7.38. The van der Waals surface area contributed by atoms with Crippen LogP contribution in [0.5, 0.6) is 0 Å². The highest BCUT2D eigenvalue weighted by Gasteiger charge is 2.23. The maximum absolute atomic E-state index is 12.4. The average molecular weight is 280 g/mol. The molecule has 0 atom stereocenters. The van der Waals surface area contributed by atoms with Gasteiger partial charge in [0.15, 0.2) is 5.13 Å². The maximum Gasteiger partial charge on any atom is 0.268 e. The fourth-order valence-corrected chi connectivity index (χ4v) is 2.90. The van der Waals surface area contributed by atoms with Gasteiger partial charge in [-0.25, -0.2) is 4.98 Å². The van der Waals surface area contributed by atoms with Crippen molar-refractivity contribution in [1.82, 2.24) is 9.88 Å². The smallest absolute Gasteiger partial charge is 0.268 e. The fourth-order valence-electron chi connectivity index (χ4n) is 2.02. The zero-order valence-electron chi connectivity index (χ0n) is 11.4. The molecule has 0 saturated carbocycles. The lowest BCUT2D eigenvalue weighted by Crippen LogP contribution is -2.35. The van der Waals surface area contributed by atoms with Crippen LogP contribution in [0.1, 0.15) is 36.4 Å². The van der Waals surface area contributed by atoms with E-state index in [9.17, 15) is 4.79 Å². The van der Waals surface area contributed by atoms with Crippen molar-refractivity contribution in [3.63, 3.8) is 0 Å². The second-order valence-corrected chi connectivity index (χ2v) is 5.73. The number of anilines is 2. The number of carbonyl (C=O) groups is 1. The Balaban J connectivity index is 2.10. The molecule has 0 saturated heterocycles. The molecule has 0 bridgehead atoms. The van der Waals surface area contributed by atoms with Crippen LogP contribution in [0.15, 0.2) is 11.6 Å². The minimum absolute atomic E-state index is 0.00741. The predicted molar refractivity (Wildman–Crippen MR) is 79.6 cm³/mol. The van der Waals surface area contributed by atoms with Crippen molar-refractivity contribution in [3.05, 3.63) is 16.5 Å². The van der Waals surface area contributed by atoms with Crippen LogP contribution < -0.4 is 11.1 Å². The number of aromatic nitrogens is 1. The highest BCUT2D eigenvalue weighted by molar-refractivity contribution is 7.18. The quantitative estimate of drug-likeness (QED) is 0.830. The number of nitrogens with zero attached hydrogens (tertiary/aromatic N) is 2. The van der Waals surface area contributed by atoms with E-state index in [1.54, 1.807) is 0 Å². The van der Waals surface area contributed by atoms with Gasteiger partial charge < -0.3 is 16.0 Å². The third kappa shape index (κ3) is 3.26. The highest BCUT2D eigenvalue weighted by Crippen LogP contribution is 2.27. The zero-order valence-corrected chi connectivity index (χ0v) is 12.2. The van der Waals surface area contributed by atoms with E-state index in [0.717, 1.165) is 31.1 Å². The summed E-state index contributed by atoms with van der Waals surface area (Å²) in [6.45, 7) is 6.41. The van der Waals surface area contributed by atoms with Crippen LogP contribution in [-0.2, 0) is 0 Å². The van der Waals surface area contributed by atoms with Crippen LogP contribution in [0, 0.1) is 0 Å². The summed E-state index contributed by atoms with van der Waals surface area (Å²) in [5.74, 6) is 0.327. The highest BCUT2D eigenvalue weighted by atomic mass is 32.1. The summed E-state index contributed by atoms with van der Waals surface area (Å²) in [4.78, 5) is 19.0. The molecule has 5 nitrogen and oxygen atoms in total. The van der Waals surface area contributed by atoms with Gasteiger partial charge in [0, 0.05) is 19.6 Å². The Bertz CT molecular complexity index is 495. The van der Waals surface area contributed by atoms with Crippen molar-refractivity contribution < 1.29 is 4.79 Å². The minimum Gasteiger partial charge on any atom is -0.382 e. The van der Waals surface area contributed by atoms with Crippen LogP contribution in [0.25, 0.3) is 0 Å². The molecular weight excluding hydrogens is 260 g/mol. The number of hydrogen-bond donors (Lipinski definition) is 2. The molecule has 0 fully saturated rings. The molecule has 1 aromatic heterocycles. The lowest BCUT2D eigenvalue weighted by molar-refractivity contribution is 0.0771. The average Bonchev–Trinajstić information content (AvgIpc) is 2.76. The fraction of sp³-hybridized carbons (Fsp3) is 0.538. The molecule has 0 aromatic carbocycles. The van der Waals surface area contributed by atoms with Gasteiger partial charge in [0.1, 0.15) is 10.7 Å². The van der Waals surface area contributed by atoms with Gasteiger partial charge in [-0.05, 0) is 19.8 Å². The molecule has 1 aliphatic rings. The van der Waals surface area contributed by atoms with E-state index in [0.29, 0.717) is 17.2 Å². The maximum atomic E-state index is 12.4. The first-order valence-electron chi connectivity index (χ1n) is 6.57. The lowest BCUT2D eigenvalue weighted by atomic mass is 10.1. The number of nitrogen functional groups attached to an aromatic ring is 1. The summed E-state index contributed by atoms with van der Waals surface area (Å²) in [6, 6.07) is 0. The van der Waals surface area contributed by atoms with E-state index in [1.807, 2.05) is 11.8 Å². The van der Waals surface area contributed by atoms with Crippen molar-refractivity contribution in [2.45, 2.75) is 26.7 Å². The Hall–Kier alpha value is -1.56. The SMILES string of the molecule is CCCNc1nc(N)c(C(=O)N2CCC=C(C)C2)s1. The molecule has 1 aliphatic heterocycles. The van der Waals surface area contributed by atoms with Crippen LogP contribution >= 0.6 is 11.3 Å². The van der Waals surface area contributed by atoms with Gasteiger partial charge in [0.2, 0.25) is 0 Å². The van der Waals surface area contributed by atoms with Gasteiger partial charge in [-0.3, -0.25) is 4.79 Å². The lowest BCUT2D eigenvalue weighted by Gasteiger charge is -2.25. The van der Waals surface area contributed by atoms with Crippen molar-refractivity contribution >= 4 is 28.2 Å². The third-order valence-electron chi connectivity index (χ3n) is 2.99. The molecule has 0 radical (unpaired) electrons. The van der Waals surface area contributed by atoms with Crippen LogP contribution in [0.2, 0.25) is 0 Å². The number of carbonyl (C=O) groups excluding carboxylic acids is 1. The number of amides is 1. The van der Waals surface area contributed by atoms with Crippen LogP contribution in [0.4, 0.5) is 10.9 Å². The molecule has 19 heavy (non-hydrogen) atoms. The molecule has 2 heterocycles. The van der Waals surface area contributed by atoms with Crippen molar-refractivity contribution in [2.75, 3.05) is 30.7 Å². The van der Waals surface area contributed by atoms with Gasteiger partial charge in [-0.2, -0.15) is 0 Å². The summed E-state index contributed by atoms with van der Waals surface area (Å²) in [6.07, 6.45) is 4.10. The standard InChI is InChI=1S/C13H20N4OS/c1-3-6-15-13-16-11(14)10(19-13)12(18)17-7-4-5-9(2)8-17/h5H,3-4,6-8,14H2,1-2H3,(H,15,16). The van der Waals surface area contributed by atoms with Crippen LogP contribution in [-0.4, -0.2) is 35.4 Å². The Labute approximate surface area is 117 Å². The molecule has 0 unspecified atom stereocenters. The van der Waals surface area contributed by atoms with Gasteiger partial charge in [-0.15, -0.1) is 0 Å². The molecule has 6 heteroatoms. The molecule has 0 aliphatic carbocycles. The van der Waals surface area contributed by atoms with E-state index >= 15 is 0 Å². The van der Waals surface area contributed by atoms with E-state index in [-0.39, 0.29) is 5.91 Å². The summed E-state index contributed by atoms with van der Waals surface area (Å²) < 4.78 is 0. The van der Waals surface area contributed by atoms with Gasteiger partial charge >= 0.3 is 0 Å². The zero-order chi connectivity index (χ0) is 13.8. The Morgan fingerprint density at radius 1 is 1.63 bits per heavy atom. The third-order valence-corrected chi connectivity index (χ3v) is 4.01. The molecule has 104 valence electrons. The monoisotopic (exact) mass is 280 g/mol. The largest absolute Gasteiger partial charge is 0.382 e. The van der Waals surface area contributed by atoms with Crippen LogP contribution in [0.3, 0.4) is 0 Å². The first-order chi connectivity index (χ1) is 9.11. The topological polar surface area (TPSA) is 71.2 Å². The second kappa shape index (κ2) is 6.06. The number of rotatable bonds is 4. The molecule has 0 spiro atoms. The number of hydrogen-bond acceptors (Lipinski definition) is 5. The predicted octanol–water partition coefficient (Wildman–Crippen LogP) is 2.34. The Morgan fingerprint density at radius 2 is 2.42 bits per heavy atom. The second-order valence-electron chi connectivity index (χ2n) is 4.73. The Kier molecular flexibility index (Phi) is 4.42. The van der Waals surface area contributed by atoms with Crippen molar-refractivity contribution in [2.24, 2.45) is 0 Å².